The lowest BCUT2D eigenvalue weighted by Crippen LogP contribution is -2.23. The second-order valence-corrected chi connectivity index (χ2v) is 7.08. The van der Waals surface area contributed by atoms with Crippen LogP contribution in [0.15, 0.2) is 90.8 Å². The normalized spacial score (nSPS) is 11.8. The minimum Gasteiger partial charge on any atom is -0.398 e. The smallest absolute Gasteiger partial charge is 0.251 e. The van der Waals surface area contributed by atoms with Gasteiger partial charge in [0.05, 0.1) is 0 Å². The minimum atomic E-state index is -0.264. The van der Waals surface area contributed by atoms with E-state index in [0.29, 0.717) is 34.9 Å². The van der Waals surface area contributed by atoms with Gasteiger partial charge >= 0.3 is 0 Å². The van der Waals surface area contributed by atoms with Crippen LogP contribution in [0.3, 0.4) is 0 Å². The summed E-state index contributed by atoms with van der Waals surface area (Å²) in [5.74, 6) is -0.112. The van der Waals surface area contributed by atoms with Crippen molar-refractivity contribution in [3.05, 3.63) is 119 Å². The van der Waals surface area contributed by atoms with Crippen molar-refractivity contribution in [1.29, 1.82) is 0 Å². The summed E-state index contributed by atoms with van der Waals surface area (Å²) in [7, 11) is 0. The average Bonchev–Trinajstić information content (AvgIpc) is 2.78. The molecule has 0 bridgehead atoms. The van der Waals surface area contributed by atoms with E-state index >= 15 is 0 Å². The number of rotatable bonds is 7. The van der Waals surface area contributed by atoms with Crippen molar-refractivity contribution in [1.82, 2.24) is 5.32 Å². The van der Waals surface area contributed by atoms with Crippen LogP contribution in [0.5, 0.6) is 0 Å². The number of hydrogen-bond donors (Lipinski definition) is 4. The van der Waals surface area contributed by atoms with Gasteiger partial charge in [0.25, 0.3) is 5.91 Å². The quantitative estimate of drug-likeness (QED) is 0.414. The van der Waals surface area contributed by atoms with Crippen molar-refractivity contribution in [3.8, 4) is 0 Å². The highest BCUT2D eigenvalue weighted by molar-refractivity contribution is 5.95. The predicted octanol–water partition coefficient (Wildman–Crippen LogP) is 4.77. The molecule has 0 radical (unpaired) electrons. The topological polar surface area (TPSA) is 93.2 Å². The number of allylic oxidation sites excluding steroid dienone is 2. The van der Waals surface area contributed by atoms with Gasteiger partial charge in [-0.05, 0) is 60.0 Å². The Hall–Kier alpha value is -4.06. The fourth-order valence-corrected chi connectivity index (χ4v) is 2.95. The third-order valence-electron chi connectivity index (χ3n) is 4.64. The van der Waals surface area contributed by atoms with Gasteiger partial charge in [-0.2, -0.15) is 0 Å². The fraction of sp³-hybridized carbons (Fsp3) is 0.0800. The van der Waals surface area contributed by atoms with E-state index in [-0.39, 0.29) is 14.6 Å². The Morgan fingerprint density at radius 3 is 2.45 bits per heavy atom. The third-order valence-corrected chi connectivity index (χ3v) is 4.64. The van der Waals surface area contributed by atoms with Gasteiger partial charge in [0, 0.05) is 26.3 Å². The van der Waals surface area contributed by atoms with Crippen molar-refractivity contribution in [2.45, 2.75) is 13.5 Å². The number of aryl methyl sites for hydroxylation is 1. The van der Waals surface area contributed by atoms with E-state index in [4.69, 9.17) is 11.5 Å². The number of hydrogen-bond acceptors (Lipinski definition) is 4. The van der Waals surface area contributed by atoms with Crippen molar-refractivity contribution >= 4 is 17.3 Å². The van der Waals surface area contributed by atoms with Gasteiger partial charge in [0.15, 0.2) is 0 Å². The minimum absolute atomic E-state index is 0. The Labute approximate surface area is 184 Å². The number of amides is 1. The molecule has 3 aromatic rings. The summed E-state index contributed by atoms with van der Waals surface area (Å²) in [6, 6.07) is 21.3. The number of nitrogens with one attached hydrogen (secondary N) is 2. The number of nitrogens with two attached hydrogens (primary N) is 2. The molecular weight excluding hydrogens is 391 g/mol. The van der Waals surface area contributed by atoms with Gasteiger partial charge in [0.2, 0.25) is 0 Å². The van der Waals surface area contributed by atoms with E-state index < -0.39 is 0 Å². The predicted molar refractivity (Wildman–Crippen MR) is 127 cm³/mol. The van der Waals surface area contributed by atoms with Crippen molar-refractivity contribution in [3.63, 3.8) is 0 Å². The lowest BCUT2D eigenvalue weighted by molar-refractivity contribution is 0.0951. The largest absolute Gasteiger partial charge is 0.398 e. The van der Waals surface area contributed by atoms with Crippen LogP contribution in [0.1, 0.15) is 29.9 Å². The zero-order valence-corrected chi connectivity index (χ0v) is 17.2. The van der Waals surface area contributed by atoms with Gasteiger partial charge in [-0.3, -0.25) is 4.79 Å². The maximum absolute atomic E-state index is 13.4. The van der Waals surface area contributed by atoms with Gasteiger partial charge < -0.3 is 22.1 Å². The van der Waals surface area contributed by atoms with Crippen molar-refractivity contribution in [2.24, 2.45) is 11.5 Å². The van der Waals surface area contributed by atoms with E-state index in [1.807, 2.05) is 36.4 Å². The Morgan fingerprint density at radius 1 is 0.968 bits per heavy atom. The number of anilines is 1. The molecule has 0 aliphatic rings. The first-order valence-corrected chi connectivity index (χ1v) is 9.81. The molecule has 0 atom stereocenters. The summed E-state index contributed by atoms with van der Waals surface area (Å²) in [6.07, 6.45) is 3.39. The fourth-order valence-electron chi connectivity index (χ4n) is 2.95. The molecule has 0 unspecified atom stereocenters. The van der Waals surface area contributed by atoms with Crippen molar-refractivity contribution < 1.29 is 12.0 Å². The molecule has 162 valence electrons. The SMILES string of the molecule is Cc1cc(CNC(=O)c2cccc(N/C(N)=C/C=C(\N)c3ccccc3)c2)ccc1F.[HH].[HH]. The second-order valence-electron chi connectivity index (χ2n) is 7.08. The summed E-state index contributed by atoms with van der Waals surface area (Å²) in [6.45, 7) is 2.00. The van der Waals surface area contributed by atoms with Crippen LogP contribution in [0, 0.1) is 12.7 Å². The van der Waals surface area contributed by atoms with Crippen LogP contribution in [0.25, 0.3) is 5.70 Å². The van der Waals surface area contributed by atoms with Gasteiger partial charge in [-0.15, -0.1) is 0 Å². The molecule has 1 amide bonds. The Bertz CT molecular complexity index is 1130. The molecular formula is C25H29FN4O. The molecule has 0 aliphatic heterocycles. The molecule has 6 heteroatoms. The molecule has 0 aliphatic carbocycles. The maximum Gasteiger partial charge on any atom is 0.251 e. The molecule has 31 heavy (non-hydrogen) atoms. The standard InChI is InChI=1S/C25H25FN4O.2H2/c1-17-14-18(10-11-22(17)26)16-29-25(31)20-8-5-9-21(15-20)30-24(28)13-12-23(27)19-6-3-2-4-7-19;;/h2-15,30H,16,27-28H2,1H3,(H,29,31);2*1H/b23-12-,24-13+;;. The van der Waals surface area contributed by atoms with Gasteiger partial charge in [0.1, 0.15) is 11.6 Å². The number of carbonyl (C=O) groups is 1. The molecule has 3 rings (SSSR count). The van der Waals surface area contributed by atoms with Gasteiger partial charge in [-0.1, -0.05) is 48.5 Å². The average molecular weight is 421 g/mol. The highest BCUT2D eigenvalue weighted by Crippen LogP contribution is 2.14. The van der Waals surface area contributed by atoms with Crippen LogP contribution in [0.4, 0.5) is 10.1 Å². The van der Waals surface area contributed by atoms with Crippen LogP contribution in [-0.4, -0.2) is 5.91 Å². The summed E-state index contributed by atoms with van der Waals surface area (Å²) in [5.41, 5.74) is 16.1. The second kappa shape index (κ2) is 10.1. The lowest BCUT2D eigenvalue weighted by Gasteiger charge is -2.10. The van der Waals surface area contributed by atoms with E-state index in [2.05, 4.69) is 10.6 Å². The zero-order chi connectivity index (χ0) is 22.2. The molecule has 0 fully saturated rings. The van der Waals surface area contributed by atoms with E-state index in [1.165, 1.54) is 6.07 Å². The monoisotopic (exact) mass is 420 g/mol. The van der Waals surface area contributed by atoms with Crippen LogP contribution in [-0.2, 0) is 6.54 Å². The van der Waals surface area contributed by atoms with Gasteiger partial charge in [-0.25, -0.2) is 4.39 Å². The molecule has 0 aromatic heterocycles. The first kappa shape index (κ1) is 21.6. The van der Waals surface area contributed by atoms with Crippen LogP contribution >= 0.6 is 0 Å². The molecule has 6 N–H and O–H groups in total. The first-order chi connectivity index (χ1) is 14.9. The number of carbonyl (C=O) groups excluding carboxylic acids is 1. The summed E-state index contributed by atoms with van der Waals surface area (Å²) >= 11 is 0. The molecule has 0 heterocycles. The molecule has 0 saturated heterocycles. The molecule has 3 aromatic carbocycles. The van der Waals surface area contributed by atoms with E-state index in [9.17, 15) is 9.18 Å². The third kappa shape index (κ3) is 6.21. The summed E-state index contributed by atoms with van der Waals surface area (Å²) in [4.78, 5) is 12.5. The Kier molecular flexibility index (Phi) is 7.06. The molecule has 5 nitrogen and oxygen atoms in total. The zero-order valence-electron chi connectivity index (χ0n) is 17.2. The van der Waals surface area contributed by atoms with Crippen molar-refractivity contribution in [2.75, 3.05) is 5.32 Å². The molecule has 0 spiro atoms. The highest BCUT2D eigenvalue weighted by atomic mass is 19.1. The van der Waals surface area contributed by atoms with Crippen LogP contribution < -0.4 is 22.1 Å². The van der Waals surface area contributed by atoms with E-state index in [0.717, 1.165) is 11.1 Å². The summed E-state index contributed by atoms with van der Waals surface area (Å²) < 4.78 is 13.4. The maximum atomic E-state index is 13.4. The molecule has 0 saturated carbocycles. The highest BCUT2D eigenvalue weighted by Gasteiger charge is 2.07. The first-order valence-electron chi connectivity index (χ1n) is 9.81. The van der Waals surface area contributed by atoms with Crippen LogP contribution in [0.2, 0.25) is 0 Å². The summed E-state index contributed by atoms with van der Waals surface area (Å²) in [5, 5.41) is 5.89. The number of benzene rings is 3. The Morgan fingerprint density at radius 2 is 1.71 bits per heavy atom. The van der Waals surface area contributed by atoms with E-state index in [1.54, 1.807) is 49.4 Å². The number of halogens is 1. The Balaban J connectivity index is 0.00000272. The lowest BCUT2D eigenvalue weighted by atomic mass is 10.1.